The maximum Gasteiger partial charge on any atom is 0.333 e. The minimum Gasteiger partial charge on any atom is -0.427 e. The molecule has 3 atom stereocenters. The van der Waals surface area contributed by atoms with E-state index in [0.29, 0.717) is 4.99 Å². The molecule has 10 heteroatoms. The third-order valence-corrected chi connectivity index (χ3v) is 9.55. The average molecular weight is 456 g/mol. The van der Waals surface area contributed by atoms with E-state index < -0.39 is 54.5 Å². The van der Waals surface area contributed by atoms with Crippen LogP contribution in [-0.2, 0) is 28.9 Å². The fraction of sp³-hybridized carbons (Fsp3) is 0.800. The fourth-order valence-corrected chi connectivity index (χ4v) is 6.91. The second-order valence-corrected chi connectivity index (χ2v) is 12.6. The van der Waals surface area contributed by atoms with Gasteiger partial charge in [0.2, 0.25) is 6.79 Å². The first-order valence-electron chi connectivity index (χ1n) is 7.67. The van der Waals surface area contributed by atoms with Crippen LogP contribution < -0.4 is 0 Å². The maximum atomic E-state index is 12.8. The highest BCUT2D eigenvalue weighted by Crippen LogP contribution is 2.54. The van der Waals surface area contributed by atoms with Gasteiger partial charge in [0.15, 0.2) is 15.2 Å². The summed E-state index contributed by atoms with van der Waals surface area (Å²) in [4.78, 5) is 26.0. The van der Waals surface area contributed by atoms with Crippen molar-refractivity contribution >= 4 is 54.9 Å². The number of fused-ring (bicyclic) bond motifs is 1. The van der Waals surface area contributed by atoms with Crippen LogP contribution in [0.1, 0.15) is 41.5 Å². The van der Waals surface area contributed by atoms with Gasteiger partial charge in [-0.15, -0.1) is 0 Å². The van der Waals surface area contributed by atoms with Crippen molar-refractivity contribution in [3.05, 3.63) is 0 Å². The summed E-state index contributed by atoms with van der Waals surface area (Å²) < 4.78 is 33.3. The van der Waals surface area contributed by atoms with Gasteiger partial charge in [0.1, 0.15) is 10.4 Å². The molecule has 0 aliphatic carbocycles. The summed E-state index contributed by atoms with van der Waals surface area (Å²) in [5.41, 5.74) is -0.732. The van der Waals surface area contributed by atoms with Gasteiger partial charge >= 0.3 is 11.9 Å². The largest absolute Gasteiger partial charge is 0.427 e. The zero-order chi connectivity index (χ0) is 19.6. The van der Waals surface area contributed by atoms with E-state index >= 15 is 0 Å². The van der Waals surface area contributed by atoms with Gasteiger partial charge in [-0.1, -0.05) is 28.1 Å². The van der Waals surface area contributed by atoms with Crippen molar-refractivity contribution in [2.75, 3.05) is 6.79 Å². The molecule has 2 fully saturated rings. The molecular weight excluding hydrogens is 434 g/mol. The van der Waals surface area contributed by atoms with E-state index in [-0.39, 0.29) is 0 Å². The van der Waals surface area contributed by atoms with Gasteiger partial charge in [-0.25, -0.2) is 13.2 Å². The Bertz CT molecular complexity index is 738. The highest BCUT2D eigenvalue weighted by molar-refractivity contribution is 9.10. The quantitative estimate of drug-likeness (QED) is 0.275. The number of thiocarbonyl (C=S) groups is 1. The number of nitrogens with zero attached hydrogens (tertiary/aromatic N) is 1. The lowest BCUT2D eigenvalue weighted by Crippen LogP contribution is -2.70. The normalized spacial score (nSPS) is 32.6. The van der Waals surface area contributed by atoms with Crippen LogP contribution in [0.3, 0.4) is 0 Å². The van der Waals surface area contributed by atoms with Gasteiger partial charge in [-0.3, -0.25) is 4.79 Å². The maximum absolute atomic E-state index is 12.8. The number of hydrogen-bond donors (Lipinski definition) is 0. The van der Waals surface area contributed by atoms with Crippen molar-refractivity contribution < 1.29 is 27.5 Å². The summed E-state index contributed by atoms with van der Waals surface area (Å²) in [5, 5.41) is -0.933. The molecule has 0 saturated carbocycles. The molecule has 2 heterocycles. The lowest BCUT2D eigenvalue weighted by atomic mass is 9.93. The van der Waals surface area contributed by atoms with Crippen molar-refractivity contribution in [2.45, 2.75) is 62.0 Å². The zero-order valence-electron chi connectivity index (χ0n) is 15.0. The number of ether oxygens (including phenoxy) is 2. The van der Waals surface area contributed by atoms with Crippen molar-refractivity contribution in [3.8, 4) is 0 Å². The van der Waals surface area contributed by atoms with Gasteiger partial charge in [0, 0.05) is 0 Å². The lowest BCUT2D eigenvalue weighted by molar-refractivity contribution is -0.176. The van der Waals surface area contributed by atoms with Crippen molar-refractivity contribution in [1.29, 1.82) is 0 Å². The third kappa shape index (κ3) is 2.90. The van der Waals surface area contributed by atoms with Crippen LogP contribution in [0.4, 0.5) is 0 Å². The SMILES string of the molecule is CC(C)(C)C(=O)OCOC(=O)[C@@H]1N2C(=S)C(C)(Br)[C@H]2S(=O)(=O)C1(C)C. The van der Waals surface area contributed by atoms with Gasteiger partial charge in [-0.05, 0) is 41.5 Å². The van der Waals surface area contributed by atoms with Crippen LogP contribution in [0.2, 0.25) is 0 Å². The van der Waals surface area contributed by atoms with Crippen LogP contribution in [0.5, 0.6) is 0 Å². The lowest BCUT2D eigenvalue weighted by Gasteiger charge is -2.50. The van der Waals surface area contributed by atoms with E-state index in [0.717, 1.165) is 0 Å². The summed E-state index contributed by atoms with van der Waals surface area (Å²) in [5.74, 6) is -1.31. The monoisotopic (exact) mass is 455 g/mol. The molecule has 142 valence electrons. The second-order valence-electron chi connectivity index (χ2n) is 7.95. The molecule has 1 unspecified atom stereocenters. The Morgan fingerprint density at radius 3 is 2.24 bits per heavy atom. The van der Waals surface area contributed by atoms with Crippen LogP contribution in [0.25, 0.3) is 0 Å². The summed E-state index contributed by atoms with van der Waals surface area (Å²) >= 11 is 8.63. The minimum absolute atomic E-state index is 0.334. The number of alkyl halides is 1. The Kier molecular flexibility index (Phi) is 4.84. The molecule has 0 amide bonds. The summed E-state index contributed by atoms with van der Waals surface area (Å²) in [7, 11) is -3.68. The predicted octanol–water partition coefficient (Wildman–Crippen LogP) is 1.77. The molecular formula is C15H22BrNO6S2. The van der Waals surface area contributed by atoms with Gasteiger partial charge in [0.25, 0.3) is 0 Å². The Morgan fingerprint density at radius 2 is 1.76 bits per heavy atom. The second kappa shape index (κ2) is 5.88. The van der Waals surface area contributed by atoms with Crippen molar-refractivity contribution in [3.63, 3.8) is 0 Å². The summed E-state index contributed by atoms with van der Waals surface area (Å²) in [6.07, 6.45) is 0. The number of sulfone groups is 1. The molecule has 25 heavy (non-hydrogen) atoms. The van der Waals surface area contributed by atoms with E-state index in [9.17, 15) is 18.0 Å². The zero-order valence-corrected chi connectivity index (χ0v) is 18.2. The number of hydrogen-bond acceptors (Lipinski definition) is 7. The minimum atomic E-state index is -3.68. The molecule has 0 N–H and O–H groups in total. The molecule has 0 aromatic carbocycles. The molecule has 2 aliphatic rings. The van der Waals surface area contributed by atoms with Crippen LogP contribution in [0, 0.1) is 5.41 Å². The molecule has 7 nitrogen and oxygen atoms in total. The van der Waals surface area contributed by atoms with Crippen LogP contribution >= 0.6 is 28.1 Å². The molecule has 2 aliphatic heterocycles. The smallest absolute Gasteiger partial charge is 0.333 e. The first-order valence-corrected chi connectivity index (χ1v) is 10.4. The third-order valence-electron chi connectivity index (χ3n) is 4.56. The number of carbonyl (C=O) groups excluding carboxylic acids is 2. The molecule has 2 rings (SSSR count). The van der Waals surface area contributed by atoms with E-state index in [4.69, 9.17) is 21.7 Å². The fourth-order valence-electron chi connectivity index (χ4n) is 2.97. The summed E-state index contributed by atoms with van der Waals surface area (Å²) in [6.45, 7) is 9.05. The Labute approximate surface area is 161 Å². The molecule has 2 saturated heterocycles. The molecule has 0 bridgehead atoms. The van der Waals surface area contributed by atoms with Gasteiger partial charge < -0.3 is 14.4 Å². The Balaban J connectivity index is 2.17. The van der Waals surface area contributed by atoms with Gasteiger partial charge in [-0.2, -0.15) is 0 Å². The summed E-state index contributed by atoms with van der Waals surface area (Å²) in [6, 6.07) is -1.09. The molecule has 0 aromatic rings. The Morgan fingerprint density at radius 1 is 1.24 bits per heavy atom. The van der Waals surface area contributed by atoms with E-state index in [2.05, 4.69) is 15.9 Å². The van der Waals surface area contributed by atoms with Crippen molar-refractivity contribution in [2.24, 2.45) is 5.41 Å². The van der Waals surface area contributed by atoms with Crippen LogP contribution in [-0.4, -0.2) is 57.5 Å². The average Bonchev–Trinajstić information content (AvgIpc) is 2.59. The number of esters is 2. The molecule has 0 aromatic heterocycles. The van der Waals surface area contributed by atoms with E-state index in [1.807, 2.05) is 0 Å². The standard InChI is InChI=1S/C15H22BrNO6S2/c1-13(2,3)12(19)23-7-22-9(18)8-14(4,5)25(20,21)11-15(6,16)10(24)17(8)11/h8,11H,7H2,1-6H3/t8-,11+,15?/m0/s1. The topological polar surface area (TPSA) is 90.0 Å². The van der Waals surface area contributed by atoms with Crippen LogP contribution in [0.15, 0.2) is 0 Å². The van der Waals surface area contributed by atoms with E-state index in [1.165, 1.54) is 18.7 Å². The van der Waals surface area contributed by atoms with E-state index in [1.54, 1.807) is 27.7 Å². The highest BCUT2D eigenvalue weighted by atomic mass is 79.9. The van der Waals surface area contributed by atoms with Gasteiger partial charge in [0.05, 0.1) is 15.2 Å². The number of rotatable bonds is 3. The molecule has 0 spiro atoms. The Hall–Kier alpha value is -0.740. The molecule has 0 radical (unpaired) electrons. The first-order chi connectivity index (χ1) is 11.1. The number of carbonyl (C=O) groups is 2. The highest BCUT2D eigenvalue weighted by Gasteiger charge is 2.74. The predicted molar refractivity (Wildman–Crippen MR) is 98.8 cm³/mol. The number of halogens is 1. The first kappa shape index (κ1) is 20.6. The van der Waals surface area contributed by atoms with Crippen molar-refractivity contribution in [1.82, 2.24) is 4.90 Å².